The Hall–Kier alpha value is -2.65. The molecule has 35 heavy (non-hydrogen) atoms. The number of aromatic nitrogens is 1. The first-order chi connectivity index (χ1) is 16.4. The van der Waals surface area contributed by atoms with Crippen LogP contribution in [-0.4, -0.2) is 32.9 Å². The molecule has 0 spiro atoms. The van der Waals surface area contributed by atoms with Gasteiger partial charge in [-0.1, -0.05) is 46.9 Å². The molecular weight excluding hydrogens is 528 g/mol. The molecule has 5 nitrogen and oxygen atoms in total. The van der Waals surface area contributed by atoms with Gasteiger partial charge in [-0.2, -0.15) is 13.2 Å². The molecule has 1 atom stereocenters. The molecule has 3 aromatic rings. The molecule has 1 aromatic heterocycles. The number of benzene rings is 2. The normalized spacial score (nSPS) is 15.2. The SMILES string of the molecule is O=C(CC(O)(c1cc(Cl)c(Cl)c(Cl)c1)C(F)(F)F)c1ccc2c(c1)CN(Cc1ccccn1)C2=O. The van der Waals surface area contributed by atoms with Crippen LogP contribution in [0.4, 0.5) is 13.2 Å². The van der Waals surface area contributed by atoms with Gasteiger partial charge in [0.2, 0.25) is 0 Å². The highest BCUT2D eigenvalue weighted by atomic mass is 35.5. The number of rotatable bonds is 6. The minimum absolute atomic E-state index is 0.0786. The van der Waals surface area contributed by atoms with Crippen molar-refractivity contribution in [3.63, 3.8) is 0 Å². The average molecular weight is 544 g/mol. The maximum atomic E-state index is 14.0. The molecule has 0 radical (unpaired) electrons. The minimum atomic E-state index is -5.23. The van der Waals surface area contributed by atoms with Crippen LogP contribution in [0, 0.1) is 0 Å². The number of halogens is 6. The smallest absolute Gasteiger partial charge is 0.376 e. The van der Waals surface area contributed by atoms with E-state index in [0.29, 0.717) is 16.8 Å². The lowest BCUT2D eigenvalue weighted by Crippen LogP contribution is -2.44. The van der Waals surface area contributed by atoms with Crippen molar-refractivity contribution in [2.24, 2.45) is 0 Å². The number of pyridine rings is 1. The number of nitrogens with zero attached hydrogens (tertiary/aromatic N) is 2. The number of Topliss-reactive ketones (excluding diaryl/α,β-unsaturated/α-hetero) is 1. The highest BCUT2D eigenvalue weighted by Crippen LogP contribution is 2.45. The lowest BCUT2D eigenvalue weighted by Gasteiger charge is -2.31. The van der Waals surface area contributed by atoms with Crippen molar-refractivity contribution in [1.82, 2.24) is 9.88 Å². The fourth-order valence-electron chi connectivity index (χ4n) is 3.86. The van der Waals surface area contributed by atoms with Crippen LogP contribution in [0.15, 0.2) is 54.7 Å². The van der Waals surface area contributed by atoms with Crippen molar-refractivity contribution < 1.29 is 27.9 Å². The summed E-state index contributed by atoms with van der Waals surface area (Å²) in [5.74, 6) is -1.26. The van der Waals surface area contributed by atoms with Crippen LogP contribution in [0.5, 0.6) is 0 Å². The summed E-state index contributed by atoms with van der Waals surface area (Å²) in [4.78, 5) is 31.3. The summed E-state index contributed by atoms with van der Waals surface area (Å²) < 4.78 is 41.9. The zero-order valence-electron chi connectivity index (χ0n) is 17.7. The second kappa shape index (κ2) is 9.43. The topological polar surface area (TPSA) is 70.5 Å². The molecule has 2 heterocycles. The summed E-state index contributed by atoms with van der Waals surface area (Å²) in [6, 6.07) is 11.0. The second-order valence-electron chi connectivity index (χ2n) is 8.07. The molecule has 0 saturated carbocycles. The van der Waals surface area contributed by atoms with E-state index in [1.54, 1.807) is 24.4 Å². The molecule has 4 rings (SSSR count). The van der Waals surface area contributed by atoms with Crippen LogP contribution in [0.3, 0.4) is 0 Å². The van der Waals surface area contributed by atoms with Gasteiger partial charge < -0.3 is 10.0 Å². The quantitative estimate of drug-likeness (QED) is 0.296. The van der Waals surface area contributed by atoms with Crippen molar-refractivity contribution in [3.8, 4) is 0 Å². The number of fused-ring (bicyclic) bond motifs is 1. The molecular formula is C24H16Cl3F3N2O3. The van der Waals surface area contributed by atoms with E-state index in [2.05, 4.69) is 4.98 Å². The Kier molecular flexibility index (Phi) is 6.85. The number of amides is 1. The van der Waals surface area contributed by atoms with Crippen LogP contribution >= 0.6 is 34.8 Å². The summed E-state index contributed by atoms with van der Waals surface area (Å²) in [6.45, 7) is 0.404. The summed E-state index contributed by atoms with van der Waals surface area (Å²) in [5.41, 5.74) is -2.85. The fraction of sp³-hybridized carbons (Fsp3) is 0.208. The minimum Gasteiger partial charge on any atom is -0.376 e. The molecule has 0 fully saturated rings. The van der Waals surface area contributed by atoms with Crippen molar-refractivity contribution in [2.45, 2.75) is 31.3 Å². The van der Waals surface area contributed by atoms with Gasteiger partial charge >= 0.3 is 6.18 Å². The summed E-state index contributed by atoms with van der Waals surface area (Å²) >= 11 is 17.5. The molecule has 2 aromatic carbocycles. The third-order valence-electron chi connectivity index (χ3n) is 5.73. The largest absolute Gasteiger partial charge is 0.421 e. The first-order valence-electron chi connectivity index (χ1n) is 10.2. The second-order valence-corrected chi connectivity index (χ2v) is 9.26. The van der Waals surface area contributed by atoms with Gasteiger partial charge in [0, 0.05) is 23.9 Å². The molecule has 1 amide bonds. The van der Waals surface area contributed by atoms with Gasteiger partial charge in [-0.05, 0) is 47.5 Å². The third-order valence-corrected chi connectivity index (χ3v) is 6.93. The number of ketones is 1. The highest BCUT2D eigenvalue weighted by molar-refractivity contribution is 6.48. The van der Waals surface area contributed by atoms with E-state index in [9.17, 15) is 27.9 Å². The van der Waals surface area contributed by atoms with Gasteiger partial charge in [0.05, 0.1) is 33.7 Å². The van der Waals surface area contributed by atoms with Crippen LogP contribution in [-0.2, 0) is 18.7 Å². The molecule has 0 bridgehead atoms. The fourth-order valence-corrected chi connectivity index (χ4v) is 4.46. The Morgan fingerprint density at radius 1 is 1.06 bits per heavy atom. The molecule has 0 aliphatic carbocycles. The third kappa shape index (κ3) is 4.89. The van der Waals surface area contributed by atoms with Crippen molar-refractivity contribution in [3.05, 3.63) is 97.7 Å². The van der Waals surface area contributed by atoms with Crippen LogP contribution in [0.1, 0.15) is 44.0 Å². The molecule has 1 N–H and O–H groups in total. The standard InChI is InChI=1S/C24H16Cl3F3N2O3/c25-18-8-15(9-19(26)21(18)27)23(35,24(28,29)30)10-20(33)13-4-5-17-14(7-13)11-32(22(17)34)12-16-3-1-2-6-31-16/h1-9,35H,10-12H2. The molecule has 1 unspecified atom stereocenters. The van der Waals surface area contributed by atoms with Gasteiger partial charge in [-0.3, -0.25) is 14.6 Å². The van der Waals surface area contributed by atoms with Crippen LogP contribution < -0.4 is 0 Å². The molecule has 1 aliphatic rings. The van der Waals surface area contributed by atoms with Gasteiger partial charge in [0.25, 0.3) is 5.91 Å². The Balaban J connectivity index is 1.60. The highest BCUT2D eigenvalue weighted by Gasteiger charge is 2.56. The van der Waals surface area contributed by atoms with Crippen LogP contribution in [0.2, 0.25) is 15.1 Å². The summed E-state index contributed by atoms with van der Waals surface area (Å²) in [7, 11) is 0. The number of aliphatic hydroxyl groups is 1. The van der Waals surface area contributed by atoms with Gasteiger partial charge in [0.1, 0.15) is 0 Å². The zero-order valence-corrected chi connectivity index (χ0v) is 20.0. The van der Waals surface area contributed by atoms with E-state index in [1.807, 2.05) is 0 Å². The zero-order chi connectivity index (χ0) is 25.5. The lowest BCUT2D eigenvalue weighted by atomic mass is 9.86. The number of carbonyl (C=O) groups excluding carboxylic acids is 2. The van der Waals surface area contributed by atoms with E-state index in [-0.39, 0.29) is 39.6 Å². The number of carbonyl (C=O) groups is 2. The molecule has 0 saturated heterocycles. The maximum absolute atomic E-state index is 14.0. The van der Waals surface area contributed by atoms with Crippen LogP contribution in [0.25, 0.3) is 0 Å². The van der Waals surface area contributed by atoms with Gasteiger partial charge in [-0.15, -0.1) is 0 Å². The summed E-state index contributed by atoms with van der Waals surface area (Å²) in [6.07, 6.45) is -4.95. The molecule has 11 heteroatoms. The number of alkyl halides is 3. The monoisotopic (exact) mass is 542 g/mol. The van der Waals surface area contributed by atoms with E-state index < -0.39 is 29.5 Å². The van der Waals surface area contributed by atoms with Crippen molar-refractivity contribution >= 4 is 46.5 Å². The molecule has 1 aliphatic heterocycles. The summed E-state index contributed by atoms with van der Waals surface area (Å²) in [5, 5.41) is 9.89. The first-order valence-corrected chi connectivity index (χ1v) is 11.3. The van der Waals surface area contributed by atoms with E-state index >= 15 is 0 Å². The van der Waals surface area contributed by atoms with Crippen molar-refractivity contribution in [2.75, 3.05) is 0 Å². The predicted molar refractivity (Wildman–Crippen MR) is 125 cm³/mol. The van der Waals surface area contributed by atoms with E-state index in [4.69, 9.17) is 34.8 Å². The number of hydrogen-bond acceptors (Lipinski definition) is 4. The van der Waals surface area contributed by atoms with E-state index in [0.717, 1.165) is 12.1 Å². The maximum Gasteiger partial charge on any atom is 0.421 e. The Bertz CT molecular complexity index is 1300. The van der Waals surface area contributed by atoms with E-state index in [1.165, 1.54) is 23.1 Å². The Morgan fingerprint density at radius 2 is 1.74 bits per heavy atom. The first kappa shape index (κ1) is 25.4. The Labute approximate surface area is 213 Å². The number of hydrogen-bond donors (Lipinski definition) is 1. The van der Waals surface area contributed by atoms with Gasteiger partial charge in [0.15, 0.2) is 11.4 Å². The van der Waals surface area contributed by atoms with Crippen molar-refractivity contribution in [1.29, 1.82) is 0 Å². The Morgan fingerprint density at radius 3 is 2.34 bits per heavy atom. The predicted octanol–water partition coefficient (Wildman–Crippen LogP) is 6.22. The average Bonchev–Trinajstić information content (AvgIpc) is 3.11. The lowest BCUT2D eigenvalue weighted by molar-refractivity contribution is -0.264. The molecule has 182 valence electrons. The van der Waals surface area contributed by atoms with Gasteiger partial charge in [-0.25, -0.2) is 0 Å².